The maximum Gasteiger partial charge on any atom is 0.103 e. The number of nitrogens with zero attached hydrogens (tertiary/aromatic N) is 3. The lowest BCUT2D eigenvalue weighted by Crippen LogP contribution is -2.44. The first-order valence-electron chi connectivity index (χ1n) is 13.0. The fourth-order valence-corrected chi connectivity index (χ4v) is 4.77. The van der Waals surface area contributed by atoms with Crippen molar-refractivity contribution in [3.8, 4) is 6.07 Å². The Morgan fingerprint density at radius 1 is 1.29 bits per heavy atom. The molecule has 3 heterocycles. The van der Waals surface area contributed by atoms with E-state index in [1.807, 2.05) is 35.5 Å². The van der Waals surface area contributed by atoms with Gasteiger partial charge in [0.2, 0.25) is 0 Å². The van der Waals surface area contributed by atoms with Crippen molar-refractivity contribution >= 4 is 45.5 Å². The maximum atomic E-state index is 9.80. The van der Waals surface area contributed by atoms with Gasteiger partial charge in [-0.15, -0.1) is 5.53 Å². The number of halogens is 2. The summed E-state index contributed by atoms with van der Waals surface area (Å²) in [4.78, 5) is 4.45. The Hall–Kier alpha value is -3.22. The molecule has 0 amide bonds. The number of hydrogen-bond acceptors (Lipinski definition) is 8. The van der Waals surface area contributed by atoms with Gasteiger partial charge >= 0.3 is 0 Å². The van der Waals surface area contributed by atoms with E-state index in [1.165, 1.54) is 6.20 Å². The van der Waals surface area contributed by atoms with E-state index in [-0.39, 0.29) is 11.5 Å². The molecule has 1 fully saturated rings. The minimum Gasteiger partial charge on any atom is -0.383 e. The van der Waals surface area contributed by atoms with Crippen molar-refractivity contribution in [3.63, 3.8) is 0 Å². The Morgan fingerprint density at radius 3 is 2.76 bits per heavy atom. The van der Waals surface area contributed by atoms with Crippen LogP contribution in [0.15, 0.2) is 54.5 Å². The van der Waals surface area contributed by atoms with Gasteiger partial charge in [-0.25, -0.2) is 0 Å². The van der Waals surface area contributed by atoms with Gasteiger partial charge in [-0.05, 0) is 35.6 Å². The molecule has 198 valence electrons. The van der Waals surface area contributed by atoms with Crippen molar-refractivity contribution in [1.29, 1.82) is 5.26 Å². The first-order chi connectivity index (χ1) is 18.6. The van der Waals surface area contributed by atoms with Crippen LogP contribution >= 0.6 is 23.2 Å². The van der Waals surface area contributed by atoms with E-state index in [9.17, 15) is 6.63 Å². The van der Waals surface area contributed by atoms with Gasteiger partial charge in [0.05, 0.1) is 47.5 Å². The third-order valence-electron chi connectivity index (χ3n) is 6.34. The largest absolute Gasteiger partial charge is 0.383 e. The number of hydrazine groups is 2. The number of aromatic nitrogens is 1. The number of fused-ring (bicyclic) bond motifs is 1. The summed E-state index contributed by atoms with van der Waals surface area (Å²) in [6, 6.07) is 11.6. The van der Waals surface area contributed by atoms with Gasteiger partial charge in [0.25, 0.3) is 0 Å². The van der Waals surface area contributed by atoms with Crippen molar-refractivity contribution in [2.24, 2.45) is 5.41 Å². The van der Waals surface area contributed by atoms with E-state index in [0.717, 1.165) is 13.0 Å². The SMILES string of the molecule is [2H][C@](Nc1cc(Cl)c2ncc(C#N)c(NCC(C)(C)C)c2c1)(C1=CN(CC2CCO2)NN1)c1ccccc1Cl. The second-order valence-electron chi connectivity index (χ2n) is 10.6. The third kappa shape index (κ3) is 5.77. The Balaban J connectivity index is 1.57. The fraction of sp³-hybridized carbons (Fsp3) is 0.357. The van der Waals surface area contributed by atoms with Crippen LogP contribution in [0.5, 0.6) is 0 Å². The van der Waals surface area contributed by atoms with Crippen molar-refractivity contribution in [1.82, 2.24) is 21.0 Å². The third-order valence-corrected chi connectivity index (χ3v) is 6.95. The van der Waals surface area contributed by atoms with Crippen LogP contribution < -0.4 is 21.6 Å². The topological polar surface area (TPSA) is 97.3 Å². The number of pyridine rings is 1. The van der Waals surface area contributed by atoms with Crippen molar-refractivity contribution in [3.05, 3.63) is 75.7 Å². The molecule has 0 bridgehead atoms. The average Bonchev–Trinajstić information content (AvgIpc) is 3.34. The van der Waals surface area contributed by atoms with E-state index in [1.54, 1.807) is 12.1 Å². The predicted octanol–water partition coefficient (Wildman–Crippen LogP) is 5.98. The van der Waals surface area contributed by atoms with Gasteiger partial charge in [-0.2, -0.15) is 5.26 Å². The van der Waals surface area contributed by atoms with Gasteiger partial charge in [0, 0.05) is 41.6 Å². The number of nitrogens with one attached hydrogen (secondary N) is 4. The summed E-state index contributed by atoms with van der Waals surface area (Å²) >= 11 is 13.4. The summed E-state index contributed by atoms with van der Waals surface area (Å²) in [6.07, 6.45) is 4.52. The molecule has 2 aliphatic heterocycles. The molecule has 1 saturated heterocycles. The average molecular weight is 554 g/mol. The molecule has 10 heteroatoms. The molecule has 4 N–H and O–H groups in total. The molecule has 5 rings (SSSR count). The normalized spacial score (nSPS) is 19.1. The van der Waals surface area contributed by atoms with Crippen LogP contribution in [0.4, 0.5) is 11.4 Å². The van der Waals surface area contributed by atoms with Gasteiger partial charge in [0.15, 0.2) is 0 Å². The molecule has 0 aliphatic carbocycles. The molecule has 2 aromatic carbocycles. The fourth-order valence-electron chi connectivity index (χ4n) is 4.27. The summed E-state index contributed by atoms with van der Waals surface area (Å²) in [5.41, 5.74) is 9.53. The van der Waals surface area contributed by atoms with Gasteiger partial charge in [-0.3, -0.25) is 9.99 Å². The highest BCUT2D eigenvalue weighted by molar-refractivity contribution is 6.36. The second-order valence-corrected chi connectivity index (χ2v) is 11.4. The molecule has 0 saturated carbocycles. The maximum absolute atomic E-state index is 9.80. The van der Waals surface area contributed by atoms with Crippen LogP contribution in [-0.4, -0.2) is 35.8 Å². The van der Waals surface area contributed by atoms with E-state index in [0.29, 0.717) is 62.2 Å². The van der Waals surface area contributed by atoms with Gasteiger partial charge in [-0.1, -0.05) is 62.2 Å². The Labute approximate surface area is 234 Å². The number of ether oxygens (including phenoxy) is 1. The molecule has 3 aromatic rings. The van der Waals surface area contributed by atoms with E-state index in [2.05, 4.69) is 53.4 Å². The lowest BCUT2D eigenvalue weighted by Gasteiger charge is -2.29. The van der Waals surface area contributed by atoms with Crippen molar-refractivity contribution < 1.29 is 6.11 Å². The predicted molar refractivity (Wildman–Crippen MR) is 153 cm³/mol. The molecule has 0 radical (unpaired) electrons. The van der Waals surface area contributed by atoms with Crippen molar-refractivity contribution in [2.75, 3.05) is 30.3 Å². The summed E-state index contributed by atoms with van der Waals surface area (Å²) in [5, 5.41) is 20.0. The van der Waals surface area contributed by atoms with Gasteiger partial charge < -0.3 is 20.8 Å². The monoisotopic (exact) mass is 552 g/mol. The number of nitriles is 1. The van der Waals surface area contributed by atoms with Crippen LogP contribution in [0.2, 0.25) is 10.0 Å². The highest BCUT2D eigenvalue weighted by Gasteiger charge is 2.27. The molecule has 2 aliphatic rings. The first kappa shape index (κ1) is 25.1. The highest BCUT2D eigenvalue weighted by Crippen LogP contribution is 2.37. The Morgan fingerprint density at radius 2 is 2.08 bits per heavy atom. The van der Waals surface area contributed by atoms with Crippen LogP contribution in [0.25, 0.3) is 10.9 Å². The molecule has 2 atom stereocenters. The van der Waals surface area contributed by atoms with E-state index < -0.39 is 6.02 Å². The van der Waals surface area contributed by atoms with Gasteiger partial charge in [0.1, 0.15) is 6.07 Å². The molecular formula is C28H31Cl2N7O. The number of hydrogen-bond donors (Lipinski definition) is 4. The van der Waals surface area contributed by atoms with Crippen LogP contribution in [-0.2, 0) is 4.74 Å². The zero-order chi connectivity index (χ0) is 27.8. The Kier molecular flexibility index (Phi) is 7.18. The number of benzene rings is 2. The van der Waals surface area contributed by atoms with E-state index >= 15 is 0 Å². The van der Waals surface area contributed by atoms with Crippen molar-refractivity contribution in [2.45, 2.75) is 39.3 Å². The molecular weight excluding hydrogens is 521 g/mol. The minimum absolute atomic E-state index is 0.0215. The summed E-state index contributed by atoms with van der Waals surface area (Å²) in [6.45, 7) is 8.39. The first-order valence-corrected chi connectivity index (χ1v) is 13.2. The lowest BCUT2D eigenvalue weighted by atomic mass is 9.96. The molecule has 0 spiro atoms. The van der Waals surface area contributed by atoms with E-state index in [4.69, 9.17) is 27.9 Å². The molecule has 1 unspecified atom stereocenters. The summed E-state index contributed by atoms with van der Waals surface area (Å²) < 4.78 is 15.3. The second kappa shape index (κ2) is 10.9. The van der Waals surface area contributed by atoms with Crippen LogP contribution in [0, 0.1) is 16.7 Å². The zero-order valence-corrected chi connectivity index (χ0v) is 23.0. The molecule has 8 nitrogen and oxygen atoms in total. The molecule has 38 heavy (non-hydrogen) atoms. The summed E-state index contributed by atoms with van der Waals surface area (Å²) in [7, 11) is 0. The molecule has 1 aromatic heterocycles. The lowest BCUT2D eigenvalue weighted by molar-refractivity contribution is -0.0662. The van der Waals surface area contributed by atoms with Crippen LogP contribution in [0.3, 0.4) is 0 Å². The summed E-state index contributed by atoms with van der Waals surface area (Å²) in [5.74, 6) is 0. The highest BCUT2D eigenvalue weighted by atomic mass is 35.5. The standard InChI is InChI=1S/C28H31Cl2N7O/c1-28(2,3)16-33-25-17(12-31)13-32-26-21(25)10-18(11-23(26)30)34-27(20-6-4-5-7-22(20)29)24-15-37(36-35-24)14-19-8-9-38-19/h4-7,10-11,13,15,19,27,34-36H,8-9,14,16H2,1-3H3,(H,32,33)/t19?,27-/m1/s1/i27D. The number of anilines is 2. The Bertz CT molecular complexity index is 1460. The number of rotatable bonds is 8. The zero-order valence-electron chi connectivity index (χ0n) is 22.5. The smallest absolute Gasteiger partial charge is 0.103 e. The quantitative estimate of drug-likeness (QED) is 0.271. The minimum atomic E-state index is -1.52. The van der Waals surface area contributed by atoms with Crippen LogP contribution in [0.1, 0.15) is 45.7 Å².